The van der Waals surface area contributed by atoms with E-state index in [1.54, 1.807) is 37.4 Å². The molecule has 0 radical (unpaired) electrons. The summed E-state index contributed by atoms with van der Waals surface area (Å²) >= 11 is 0. The summed E-state index contributed by atoms with van der Waals surface area (Å²) in [5.41, 5.74) is 1.03. The molecule has 1 aliphatic rings. The molecule has 3 aromatic rings. The molecule has 0 spiro atoms. The second kappa shape index (κ2) is 10.5. The molecule has 8 nitrogen and oxygen atoms in total. The van der Waals surface area contributed by atoms with E-state index in [1.165, 1.54) is 25.3 Å². The molecule has 0 N–H and O–H groups in total. The Morgan fingerprint density at radius 3 is 2.62 bits per heavy atom. The fourth-order valence-corrected chi connectivity index (χ4v) is 4.31. The average molecular weight is 464 g/mol. The highest BCUT2D eigenvalue weighted by molar-refractivity contribution is 5.86. The number of fused-ring (bicyclic) bond motifs is 1. The summed E-state index contributed by atoms with van der Waals surface area (Å²) in [5.74, 6) is 1.11. The highest BCUT2D eigenvalue weighted by atomic mass is 16.6. The van der Waals surface area contributed by atoms with E-state index in [2.05, 4.69) is 5.10 Å². The Kier molecular flexibility index (Phi) is 7.25. The van der Waals surface area contributed by atoms with Crippen molar-refractivity contribution in [3.8, 4) is 11.5 Å². The zero-order valence-corrected chi connectivity index (χ0v) is 19.7. The fourth-order valence-electron chi connectivity index (χ4n) is 4.31. The topological polar surface area (TPSA) is 92.0 Å². The first kappa shape index (κ1) is 23.5. The molecule has 1 fully saturated rings. The van der Waals surface area contributed by atoms with Crippen molar-refractivity contribution in [2.24, 2.45) is 5.10 Å². The molecule has 1 heterocycles. The van der Waals surface area contributed by atoms with E-state index in [4.69, 9.17) is 19.2 Å². The first-order valence-corrected chi connectivity index (χ1v) is 11.5. The number of carbonyl (C=O) groups is 1. The molecule has 0 bridgehead atoms. The van der Waals surface area contributed by atoms with Gasteiger partial charge in [0.25, 0.3) is 5.56 Å². The molecule has 1 aromatic heterocycles. The van der Waals surface area contributed by atoms with E-state index in [0.717, 1.165) is 25.7 Å². The second-order valence-electron chi connectivity index (χ2n) is 8.35. The van der Waals surface area contributed by atoms with Crippen LogP contribution in [0.2, 0.25) is 0 Å². The van der Waals surface area contributed by atoms with Crippen molar-refractivity contribution in [1.82, 2.24) is 9.66 Å². The molecule has 1 atom stereocenters. The van der Waals surface area contributed by atoms with E-state index in [-0.39, 0.29) is 11.5 Å². The van der Waals surface area contributed by atoms with Gasteiger partial charge in [0.2, 0.25) is 0 Å². The molecule has 8 heteroatoms. The van der Waals surface area contributed by atoms with E-state index in [1.807, 2.05) is 18.2 Å². The van der Waals surface area contributed by atoms with Gasteiger partial charge in [0.05, 0.1) is 31.3 Å². The number of para-hydroxylation sites is 2. The monoisotopic (exact) mass is 463 g/mol. The number of rotatable bonds is 7. The third kappa shape index (κ3) is 4.81. The smallest absolute Gasteiger partial charge is 0.346 e. The van der Waals surface area contributed by atoms with E-state index < -0.39 is 12.1 Å². The summed E-state index contributed by atoms with van der Waals surface area (Å²) in [6.45, 7) is 1.60. The summed E-state index contributed by atoms with van der Waals surface area (Å²) in [5, 5.41) is 5.09. The summed E-state index contributed by atoms with van der Waals surface area (Å²) in [7, 11) is 2.82. The van der Waals surface area contributed by atoms with Gasteiger partial charge in [-0.25, -0.2) is 9.78 Å². The van der Waals surface area contributed by atoms with Crippen LogP contribution in [0.5, 0.6) is 11.5 Å². The Bertz CT molecular complexity index is 1260. The van der Waals surface area contributed by atoms with Gasteiger partial charge in [-0.2, -0.15) is 9.78 Å². The third-order valence-corrected chi connectivity index (χ3v) is 6.12. The molecule has 0 saturated heterocycles. The van der Waals surface area contributed by atoms with Crippen LogP contribution >= 0.6 is 0 Å². The summed E-state index contributed by atoms with van der Waals surface area (Å²) in [4.78, 5) is 30.2. The first-order chi connectivity index (χ1) is 16.5. The maximum absolute atomic E-state index is 13.4. The van der Waals surface area contributed by atoms with Crippen molar-refractivity contribution < 1.29 is 19.0 Å². The van der Waals surface area contributed by atoms with Gasteiger partial charge in [-0.3, -0.25) is 4.79 Å². The minimum absolute atomic E-state index is 0.170. The highest BCUT2D eigenvalue weighted by Gasteiger charge is 2.23. The fraction of sp³-hybridized carbons (Fsp3) is 0.385. The van der Waals surface area contributed by atoms with Gasteiger partial charge in [0, 0.05) is 11.5 Å². The largest absolute Gasteiger partial charge is 0.493 e. The van der Waals surface area contributed by atoms with Crippen LogP contribution in [0.15, 0.2) is 52.4 Å². The van der Waals surface area contributed by atoms with E-state index in [0.29, 0.717) is 33.8 Å². The standard InChI is InChI=1S/C26H29N3O5/c1-17(26(31)33-3)34-23-19(12-9-15-22(23)32-2)16-27-29-24(18-10-5-4-6-11-18)28-21-14-8-7-13-20(21)25(29)30/h7-9,12-18H,4-6,10-11H2,1-3H3/t17-/m0/s1. The van der Waals surface area contributed by atoms with Crippen molar-refractivity contribution in [1.29, 1.82) is 0 Å². The summed E-state index contributed by atoms with van der Waals surface area (Å²) in [6, 6.07) is 12.6. The number of carbonyl (C=O) groups excluding carboxylic acids is 1. The highest BCUT2D eigenvalue weighted by Crippen LogP contribution is 2.33. The van der Waals surface area contributed by atoms with Crippen molar-refractivity contribution in [2.45, 2.75) is 51.0 Å². The lowest BCUT2D eigenvalue weighted by Crippen LogP contribution is -2.26. The normalized spacial score (nSPS) is 15.4. The maximum atomic E-state index is 13.4. The minimum atomic E-state index is -0.851. The summed E-state index contributed by atoms with van der Waals surface area (Å²) < 4.78 is 17.5. The van der Waals surface area contributed by atoms with Crippen LogP contribution in [0, 0.1) is 0 Å². The molecule has 178 valence electrons. The average Bonchev–Trinajstić information content (AvgIpc) is 2.88. The van der Waals surface area contributed by atoms with Gasteiger partial charge >= 0.3 is 5.97 Å². The van der Waals surface area contributed by atoms with Crippen molar-refractivity contribution in [2.75, 3.05) is 14.2 Å². The Morgan fingerprint density at radius 1 is 1.12 bits per heavy atom. The van der Waals surface area contributed by atoms with E-state index >= 15 is 0 Å². The van der Waals surface area contributed by atoms with Gasteiger partial charge in [0.15, 0.2) is 17.6 Å². The number of aromatic nitrogens is 2. The lowest BCUT2D eigenvalue weighted by molar-refractivity contribution is -0.147. The predicted octanol–water partition coefficient (Wildman–Crippen LogP) is 4.28. The molecular weight excluding hydrogens is 434 g/mol. The van der Waals surface area contributed by atoms with E-state index in [9.17, 15) is 9.59 Å². The van der Waals surface area contributed by atoms with Gasteiger partial charge < -0.3 is 14.2 Å². The molecule has 0 unspecified atom stereocenters. The molecular formula is C26H29N3O5. The third-order valence-electron chi connectivity index (χ3n) is 6.12. The number of methoxy groups -OCH3 is 2. The first-order valence-electron chi connectivity index (χ1n) is 11.5. The zero-order chi connectivity index (χ0) is 24.1. The number of benzene rings is 2. The molecule has 0 aliphatic heterocycles. The number of nitrogens with zero attached hydrogens (tertiary/aromatic N) is 3. The van der Waals surface area contributed by atoms with Gasteiger partial charge in [-0.1, -0.05) is 37.5 Å². The van der Waals surface area contributed by atoms with Gasteiger partial charge in [-0.05, 0) is 44.0 Å². The summed E-state index contributed by atoms with van der Waals surface area (Å²) in [6.07, 6.45) is 6.06. The molecule has 4 rings (SSSR count). The molecule has 1 saturated carbocycles. The van der Waals surface area contributed by atoms with Crippen LogP contribution in [-0.4, -0.2) is 42.2 Å². The zero-order valence-electron chi connectivity index (χ0n) is 19.7. The van der Waals surface area contributed by atoms with Crippen molar-refractivity contribution in [3.63, 3.8) is 0 Å². The molecule has 34 heavy (non-hydrogen) atoms. The van der Waals surface area contributed by atoms with Crippen LogP contribution < -0.4 is 15.0 Å². The lowest BCUT2D eigenvalue weighted by Gasteiger charge is -2.22. The Balaban J connectivity index is 1.80. The minimum Gasteiger partial charge on any atom is -0.493 e. The Labute approximate surface area is 198 Å². The molecule has 1 aliphatic carbocycles. The molecule has 0 amide bonds. The van der Waals surface area contributed by atoms with Crippen LogP contribution in [0.1, 0.15) is 56.3 Å². The number of esters is 1. The Morgan fingerprint density at radius 2 is 1.88 bits per heavy atom. The van der Waals surface area contributed by atoms with Crippen molar-refractivity contribution in [3.05, 3.63) is 64.2 Å². The van der Waals surface area contributed by atoms with Crippen LogP contribution in [0.3, 0.4) is 0 Å². The van der Waals surface area contributed by atoms with Gasteiger partial charge in [0.1, 0.15) is 5.82 Å². The molecule has 2 aromatic carbocycles. The predicted molar refractivity (Wildman–Crippen MR) is 130 cm³/mol. The number of ether oxygens (including phenoxy) is 3. The second-order valence-corrected chi connectivity index (χ2v) is 8.35. The maximum Gasteiger partial charge on any atom is 0.346 e. The van der Waals surface area contributed by atoms with Crippen molar-refractivity contribution >= 4 is 23.1 Å². The van der Waals surface area contributed by atoms with Crippen LogP contribution in [0.25, 0.3) is 10.9 Å². The van der Waals surface area contributed by atoms with Crippen LogP contribution in [0.4, 0.5) is 0 Å². The Hall–Kier alpha value is -3.68. The van der Waals surface area contributed by atoms with Crippen LogP contribution in [-0.2, 0) is 9.53 Å². The number of hydrogen-bond acceptors (Lipinski definition) is 7. The van der Waals surface area contributed by atoms with Gasteiger partial charge in [-0.15, -0.1) is 0 Å². The number of hydrogen-bond donors (Lipinski definition) is 0. The quantitative estimate of drug-likeness (QED) is 0.384. The lowest BCUT2D eigenvalue weighted by atomic mass is 9.88. The SMILES string of the molecule is COC(=O)[C@H](C)Oc1c(C=Nn2c(C3CCCCC3)nc3ccccc3c2=O)cccc1OC.